The molecular weight excluding hydrogens is 494 g/mol. The van der Waals surface area contributed by atoms with Crippen LogP contribution in [0.15, 0.2) is 53.4 Å². The number of likely N-dealkylation sites (N-methyl/N-ethyl adjacent to an activating group) is 1. The zero-order valence-corrected chi connectivity index (χ0v) is 25.2. The first kappa shape index (κ1) is 34.0. The van der Waals surface area contributed by atoms with Crippen molar-refractivity contribution in [2.45, 2.75) is 77.5 Å². The number of para-hydroxylation sites is 1. The second kappa shape index (κ2) is 20.8. The Labute approximate surface area is 236 Å². The summed E-state index contributed by atoms with van der Waals surface area (Å²) >= 11 is 1.65. The number of unbranched alkanes of at least 4 members (excludes halogenated alkanes) is 5. The molecule has 0 aromatic heterocycles. The lowest BCUT2D eigenvalue weighted by Crippen LogP contribution is -2.51. The van der Waals surface area contributed by atoms with E-state index in [0.29, 0.717) is 17.9 Å². The molecule has 0 aliphatic heterocycles. The molecular formula is C31H52N3O3S+. The van der Waals surface area contributed by atoms with Crippen molar-refractivity contribution in [3.63, 3.8) is 0 Å². The standard InChI is InChI=1S/C30H47N3O2S.CH4O/c1-5-9-10-11-12-15-25-35-29-17-14-13-16-28(29)30(34)32-26-18-20-27(21-19-26)36-31-22-24-33(7-3,8-4)23-6-2;1-2/h13-14,16-21,31H,5-12,15,22-25H2,1-4H3;2H,1H3/p+1. The van der Waals surface area contributed by atoms with Gasteiger partial charge in [-0.25, -0.2) is 0 Å². The van der Waals surface area contributed by atoms with Gasteiger partial charge in [0, 0.05) is 17.7 Å². The van der Waals surface area contributed by atoms with E-state index in [-0.39, 0.29) is 5.91 Å². The van der Waals surface area contributed by atoms with Crippen molar-refractivity contribution in [2.24, 2.45) is 0 Å². The first-order chi connectivity index (χ1) is 18.6. The van der Waals surface area contributed by atoms with Gasteiger partial charge in [-0.2, -0.15) is 0 Å². The number of benzene rings is 2. The molecule has 0 bridgehead atoms. The van der Waals surface area contributed by atoms with E-state index in [2.05, 4.69) is 37.7 Å². The summed E-state index contributed by atoms with van der Waals surface area (Å²) in [5.74, 6) is 0.507. The van der Waals surface area contributed by atoms with E-state index in [0.717, 1.165) is 37.2 Å². The van der Waals surface area contributed by atoms with Crippen LogP contribution in [0.3, 0.4) is 0 Å². The van der Waals surface area contributed by atoms with Gasteiger partial charge in [-0.1, -0.05) is 58.1 Å². The molecule has 7 heteroatoms. The maximum Gasteiger partial charge on any atom is 0.259 e. The zero-order chi connectivity index (χ0) is 28.1. The minimum absolute atomic E-state index is 0.142. The van der Waals surface area contributed by atoms with Gasteiger partial charge < -0.3 is 19.6 Å². The van der Waals surface area contributed by atoms with Crippen LogP contribution in [0, 0.1) is 0 Å². The Hall–Kier alpha value is -2.06. The minimum Gasteiger partial charge on any atom is -0.493 e. The fourth-order valence-electron chi connectivity index (χ4n) is 4.51. The van der Waals surface area contributed by atoms with Gasteiger partial charge in [-0.15, -0.1) is 0 Å². The van der Waals surface area contributed by atoms with Gasteiger partial charge in [0.15, 0.2) is 0 Å². The lowest BCUT2D eigenvalue weighted by atomic mass is 10.1. The maximum atomic E-state index is 12.9. The van der Waals surface area contributed by atoms with Crippen LogP contribution in [0.25, 0.3) is 0 Å². The molecule has 2 aromatic carbocycles. The number of hydrogen-bond donors (Lipinski definition) is 3. The average Bonchev–Trinajstić information content (AvgIpc) is 2.96. The Morgan fingerprint density at radius 3 is 2.16 bits per heavy atom. The third-order valence-corrected chi connectivity index (χ3v) is 7.77. The third kappa shape index (κ3) is 12.7. The number of ether oxygens (including phenoxy) is 1. The predicted molar refractivity (Wildman–Crippen MR) is 163 cm³/mol. The Kier molecular flexibility index (Phi) is 18.6. The molecule has 0 heterocycles. The molecule has 0 unspecified atom stereocenters. The molecule has 2 rings (SSSR count). The van der Waals surface area contributed by atoms with E-state index < -0.39 is 0 Å². The number of carbonyl (C=O) groups excluding carboxylic acids is 1. The van der Waals surface area contributed by atoms with E-state index in [1.54, 1.807) is 11.9 Å². The number of quaternary nitrogens is 1. The quantitative estimate of drug-likeness (QED) is 0.0991. The highest BCUT2D eigenvalue weighted by atomic mass is 32.2. The van der Waals surface area contributed by atoms with Crippen molar-refractivity contribution < 1.29 is 19.1 Å². The molecule has 6 nitrogen and oxygen atoms in total. The van der Waals surface area contributed by atoms with Crippen LogP contribution < -0.4 is 14.8 Å². The van der Waals surface area contributed by atoms with Crippen LogP contribution in [0.1, 0.15) is 83.0 Å². The van der Waals surface area contributed by atoms with Crippen molar-refractivity contribution in [1.29, 1.82) is 0 Å². The molecule has 1 amide bonds. The molecule has 0 aliphatic carbocycles. The molecule has 0 saturated heterocycles. The number of carbonyl (C=O) groups is 1. The van der Waals surface area contributed by atoms with Crippen LogP contribution in [0.5, 0.6) is 5.75 Å². The second-order valence-electron chi connectivity index (χ2n) is 9.51. The highest BCUT2D eigenvalue weighted by molar-refractivity contribution is 7.97. The second-order valence-corrected chi connectivity index (χ2v) is 10.5. The van der Waals surface area contributed by atoms with E-state index in [1.165, 1.54) is 62.6 Å². The van der Waals surface area contributed by atoms with E-state index in [9.17, 15) is 4.79 Å². The SMILES string of the molecule is CCCCCCCCOc1ccccc1C(=O)Nc1ccc(SNCC[N+](CC)(CC)CCC)cc1.CO. The van der Waals surface area contributed by atoms with Crippen LogP contribution in [-0.4, -0.2) is 61.9 Å². The number of aliphatic hydroxyl groups is 1. The van der Waals surface area contributed by atoms with Crippen molar-refractivity contribution in [2.75, 3.05) is 51.8 Å². The molecule has 0 spiro atoms. The minimum atomic E-state index is -0.142. The first-order valence-electron chi connectivity index (χ1n) is 14.4. The van der Waals surface area contributed by atoms with Gasteiger partial charge in [0.1, 0.15) is 5.75 Å². The normalized spacial score (nSPS) is 11.0. The summed E-state index contributed by atoms with van der Waals surface area (Å²) < 4.78 is 10.6. The highest BCUT2D eigenvalue weighted by Crippen LogP contribution is 2.22. The zero-order valence-electron chi connectivity index (χ0n) is 24.4. The Morgan fingerprint density at radius 1 is 0.842 bits per heavy atom. The molecule has 0 aliphatic rings. The molecule has 38 heavy (non-hydrogen) atoms. The maximum absolute atomic E-state index is 12.9. The molecule has 0 radical (unpaired) electrons. The van der Waals surface area contributed by atoms with Crippen molar-refractivity contribution in [1.82, 2.24) is 4.72 Å². The Balaban J connectivity index is 0.00000352. The van der Waals surface area contributed by atoms with E-state index in [1.807, 2.05) is 48.5 Å². The molecule has 0 saturated carbocycles. The van der Waals surface area contributed by atoms with Crippen molar-refractivity contribution in [3.05, 3.63) is 54.1 Å². The summed E-state index contributed by atoms with van der Waals surface area (Å²) in [4.78, 5) is 14.1. The van der Waals surface area contributed by atoms with Gasteiger partial charge in [0.2, 0.25) is 0 Å². The van der Waals surface area contributed by atoms with Crippen molar-refractivity contribution >= 4 is 23.5 Å². The van der Waals surface area contributed by atoms with Crippen LogP contribution in [0.2, 0.25) is 0 Å². The number of nitrogens with one attached hydrogen (secondary N) is 2. The average molecular weight is 547 g/mol. The summed E-state index contributed by atoms with van der Waals surface area (Å²) in [7, 11) is 1.00. The van der Waals surface area contributed by atoms with Gasteiger partial charge in [0.05, 0.1) is 44.9 Å². The summed E-state index contributed by atoms with van der Waals surface area (Å²) in [6, 6.07) is 15.5. The largest absolute Gasteiger partial charge is 0.493 e. The summed E-state index contributed by atoms with van der Waals surface area (Å²) in [5, 5.41) is 10.0. The number of amides is 1. The number of nitrogens with zero attached hydrogens (tertiary/aromatic N) is 1. The van der Waals surface area contributed by atoms with Gasteiger partial charge in [0.25, 0.3) is 5.91 Å². The van der Waals surface area contributed by atoms with Crippen LogP contribution in [-0.2, 0) is 0 Å². The van der Waals surface area contributed by atoms with Crippen LogP contribution >= 0.6 is 11.9 Å². The van der Waals surface area contributed by atoms with Crippen molar-refractivity contribution in [3.8, 4) is 5.75 Å². The fourth-order valence-corrected chi connectivity index (χ4v) is 5.14. The molecule has 3 N–H and O–H groups in total. The smallest absolute Gasteiger partial charge is 0.259 e. The van der Waals surface area contributed by atoms with E-state index in [4.69, 9.17) is 9.84 Å². The number of rotatable bonds is 19. The topological polar surface area (TPSA) is 70.6 Å². The van der Waals surface area contributed by atoms with Gasteiger partial charge >= 0.3 is 0 Å². The lowest BCUT2D eigenvalue weighted by Gasteiger charge is -2.36. The lowest BCUT2D eigenvalue weighted by molar-refractivity contribution is -0.923. The molecule has 214 valence electrons. The monoisotopic (exact) mass is 546 g/mol. The van der Waals surface area contributed by atoms with Crippen LogP contribution in [0.4, 0.5) is 5.69 Å². The van der Waals surface area contributed by atoms with Gasteiger partial charge in [-0.05, 0) is 75.0 Å². The fraction of sp³-hybridized carbons (Fsp3) is 0.581. The Morgan fingerprint density at radius 2 is 1.50 bits per heavy atom. The van der Waals surface area contributed by atoms with Gasteiger partial charge in [-0.3, -0.25) is 9.52 Å². The third-order valence-electron chi connectivity index (χ3n) is 6.92. The highest BCUT2D eigenvalue weighted by Gasteiger charge is 2.21. The van der Waals surface area contributed by atoms with E-state index >= 15 is 0 Å². The number of aliphatic hydroxyl groups excluding tert-OH is 1. The molecule has 0 fully saturated rings. The summed E-state index contributed by atoms with van der Waals surface area (Å²) in [6.45, 7) is 15.4. The Bertz CT molecular complexity index is 873. The number of anilines is 1. The first-order valence-corrected chi connectivity index (χ1v) is 15.2. The number of hydrogen-bond acceptors (Lipinski definition) is 5. The predicted octanol–water partition coefficient (Wildman–Crippen LogP) is 7.15. The molecule has 2 aromatic rings. The molecule has 0 atom stereocenters. The summed E-state index contributed by atoms with van der Waals surface area (Å²) in [6.07, 6.45) is 8.51. The summed E-state index contributed by atoms with van der Waals surface area (Å²) in [5.41, 5.74) is 1.36.